The van der Waals surface area contributed by atoms with Crippen molar-refractivity contribution in [3.8, 4) is 77.9 Å². The first-order chi connectivity index (χ1) is 53.8. The molecule has 7 aliphatic rings. The number of fused-ring (bicyclic) bond motifs is 21. The van der Waals surface area contributed by atoms with Crippen molar-refractivity contribution < 1.29 is 0 Å². The Kier molecular flexibility index (Phi) is 20.8. The zero-order valence-corrected chi connectivity index (χ0v) is 69.7. The lowest BCUT2D eigenvalue weighted by Crippen LogP contribution is -1.98. The summed E-state index contributed by atoms with van der Waals surface area (Å²) in [7, 11) is 0. The Morgan fingerprint density at radius 2 is 0.571 bits per heavy atom. The molecule has 0 spiro atoms. The SMILES string of the molecule is Cc1c(C)c(C)c2c(c1C)Cc1ccncc1-2.Cc1cc(C)c2c(c1C)Cc1ccncc1-2.Cc1cc2c(c(C)c1C)Cc1ccncc1-2.Cc1cc2c(cn1)-c1ccc(C)c(C)c1C2.Cc1ccc2c(c1C)Cc1c(C)cncc1-2.Cc1ccc2c(c1C)Cc1ccnc(C)c1-2.Cc1ccc2c(c1C)Cc1ccncc1-2. The summed E-state index contributed by atoms with van der Waals surface area (Å²) in [4.78, 5) is 30.1. The minimum Gasteiger partial charge on any atom is -0.264 e. The van der Waals surface area contributed by atoms with E-state index in [0.29, 0.717) is 0 Å². The lowest BCUT2D eigenvalue weighted by atomic mass is 9.89. The molecule has 7 nitrogen and oxygen atoms in total. The van der Waals surface area contributed by atoms with Crippen LogP contribution in [0.4, 0.5) is 0 Å². The summed E-state index contributed by atoms with van der Waals surface area (Å²) >= 11 is 0. The summed E-state index contributed by atoms with van der Waals surface area (Å²) in [6.45, 7) is 46.2. The van der Waals surface area contributed by atoms with Gasteiger partial charge in [0.15, 0.2) is 0 Å². The molecular formula is C105H105N7. The van der Waals surface area contributed by atoms with E-state index in [9.17, 15) is 0 Å². The molecule has 0 fully saturated rings. The number of aryl methyl sites for hydroxylation is 10. The highest BCUT2D eigenvalue weighted by Crippen LogP contribution is 2.47. The smallest absolute Gasteiger partial charge is 0.0453 e. The van der Waals surface area contributed by atoms with Crippen molar-refractivity contribution in [3.63, 3.8) is 0 Å². The van der Waals surface area contributed by atoms with Gasteiger partial charge in [0.2, 0.25) is 0 Å². The van der Waals surface area contributed by atoms with E-state index in [-0.39, 0.29) is 0 Å². The van der Waals surface area contributed by atoms with Gasteiger partial charge in [0.25, 0.3) is 0 Å². The molecule has 0 aliphatic heterocycles. The van der Waals surface area contributed by atoms with Crippen LogP contribution >= 0.6 is 0 Å². The van der Waals surface area contributed by atoms with Crippen molar-refractivity contribution in [3.05, 3.63) is 366 Å². The van der Waals surface area contributed by atoms with Crippen LogP contribution in [0.25, 0.3) is 77.9 Å². The number of pyridine rings is 7. The number of nitrogens with zero attached hydrogens (tertiary/aromatic N) is 7. The monoisotopic (exact) mass is 1460 g/mol. The Labute approximate surface area is 665 Å². The zero-order valence-electron chi connectivity index (χ0n) is 69.7. The second-order valence-electron chi connectivity index (χ2n) is 32.7. The largest absolute Gasteiger partial charge is 0.264 e. The minimum absolute atomic E-state index is 1.07. The predicted molar refractivity (Wildman–Crippen MR) is 467 cm³/mol. The molecule has 0 N–H and O–H groups in total. The molecule has 0 saturated carbocycles. The maximum atomic E-state index is 4.40. The van der Waals surface area contributed by atoms with E-state index in [4.69, 9.17) is 0 Å². The first kappa shape index (κ1) is 76.0. The van der Waals surface area contributed by atoms with Crippen molar-refractivity contribution in [2.24, 2.45) is 0 Å². The third-order valence-electron chi connectivity index (χ3n) is 26.6. The van der Waals surface area contributed by atoms with Gasteiger partial charge in [-0.3, -0.25) is 34.9 Å². The van der Waals surface area contributed by atoms with Gasteiger partial charge in [-0.25, -0.2) is 0 Å². The lowest BCUT2D eigenvalue weighted by molar-refractivity contribution is 1.14. The summed E-state index contributed by atoms with van der Waals surface area (Å²) in [6, 6.07) is 35.3. The highest BCUT2D eigenvalue weighted by Gasteiger charge is 2.29. The second kappa shape index (κ2) is 30.7. The van der Waals surface area contributed by atoms with Gasteiger partial charge >= 0.3 is 0 Å². The second-order valence-corrected chi connectivity index (χ2v) is 32.7. The third-order valence-corrected chi connectivity index (χ3v) is 26.6. The molecule has 560 valence electrons. The zero-order chi connectivity index (χ0) is 79.0. The van der Waals surface area contributed by atoms with Crippen LogP contribution in [-0.2, 0) is 44.9 Å². The van der Waals surface area contributed by atoms with Gasteiger partial charge in [0, 0.05) is 125 Å². The molecule has 0 saturated heterocycles. The van der Waals surface area contributed by atoms with E-state index in [1.165, 1.54) is 261 Å². The van der Waals surface area contributed by atoms with Crippen molar-refractivity contribution in [2.75, 3.05) is 0 Å². The summed E-state index contributed by atoms with van der Waals surface area (Å²) in [5.41, 5.74) is 68.7. The molecule has 7 aromatic heterocycles. The molecule has 21 rings (SSSR count). The van der Waals surface area contributed by atoms with E-state index < -0.39 is 0 Å². The van der Waals surface area contributed by atoms with E-state index in [0.717, 1.165) is 56.3 Å². The highest BCUT2D eigenvalue weighted by molar-refractivity contribution is 5.86. The Morgan fingerprint density at radius 1 is 0.188 bits per heavy atom. The molecule has 7 aliphatic carbocycles. The van der Waals surface area contributed by atoms with E-state index in [2.05, 4.69) is 277 Å². The average Bonchev–Trinajstić information content (AvgIpc) is 1.69. The fourth-order valence-electron chi connectivity index (χ4n) is 18.5. The number of aromatic nitrogens is 7. The van der Waals surface area contributed by atoms with Crippen LogP contribution < -0.4 is 0 Å². The van der Waals surface area contributed by atoms with Gasteiger partial charge in [-0.15, -0.1) is 0 Å². The number of hydrogen-bond acceptors (Lipinski definition) is 7. The summed E-state index contributed by atoms with van der Waals surface area (Å²) in [5.74, 6) is 0. The fourth-order valence-corrected chi connectivity index (χ4v) is 18.5. The van der Waals surface area contributed by atoms with Crippen molar-refractivity contribution in [1.29, 1.82) is 0 Å². The Hall–Kier alpha value is -11.4. The first-order valence-electron chi connectivity index (χ1n) is 40.0. The quantitative estimate of drug-likeness (QED) is 0.149. The number of benzene rings is 7. The number of hydrogen-bond donors (Lipinski definition) is 0. The van der Waals surface area contributed by atoms with Crippen LogP contribution in [0.3, 0.4) is 0 Å². The normalized spacial score (nSPS) is 12.4. The molecule has 0 radical (unpaired) electrons. The van der Waals surface area contributed by atoms with Gasteiger partial charge in [0.1, 0.15) is 0 Å². The first-order valence-corrected chi connectivity index (χ1v) is 40.0. The molecule has 0 unspecified atom stereocenters. The Bertz CT molecular complexity index is 6180. The topological polar surface area (TPSA) is 90.2 Å². The van der Waals surface area contributed by atoms with Crippen LogP contribution in [0, 0.1) is 145 Å². The standard InChI is InChI=1S/C16H17N.5C15H15N.C14H13N/c1-9-10(2)12(4)16-14(11(9)3)7-13-5-6-17-8-15(13)16;1-9-6-14-13(11(3)10(9)2)7-12-4-5-16-8-15(12)14;1-9-6-10(2)15-13(11(9)3)7-12-4-5-16-8-14(12)15;1-9-4-5-12-14(11(9)3)6-13-10(2)7-16-8-15(12)13;1-9-4-5-13-14(11(9)3)7-12-6-10(2)16-8-15(12)13;1-9-4-5-13-14(10(9)2)8-12-6-7-16-11(3)15(12)13;1-9-3-4-12-13(10(9)2)7-11-5-6-15-8-14(11)12/h5-6,8H,7H2,1-4H3;2*4-6,8H,7H2,1-3H3;4-5,7-8H,6H2,1-3H3;4-6,8H,7H2,1-3H3;4-7H,8H2,1-3H3;3-6,8H,7H2,1-2H3. The van der Waals surface area contributed by atoms with Crippen LogP contribution in [0.5, 0.6) is 0 Å². The predicted octanol–water partition coefficient (Wildman–Crippen LogP) is 25.0. The maximum absolute atomic E-state index is 4.40. The fraction of sp³-hybridized carbons (Fsp3) is 0.267. The summed E-state index contributed by atoms with van der Waals surface area (Å²) in [5, 5.41) is 0. The summed E-state index contributed by atoms with van der Waals surface area (Å²) < 4.78 is 0. The van der Waals surface area contributed by atoms with E-state index in [1.54, 1.807) is 0 Å². The van der Waals surface area contributed by atoms with Gasteiger partial charge < -0.3 is 0 Å². The lowest BCUT2D eigenvalue weighted by Gasteiger charge is -2.15. The average molecular weight is 1470 g/mol. The molecule has 7 heterocycles. The van der Waals surface area contributed by atoms with Crippen molar-refractivity contribution in [2.45, 2.75) is 190 Å². The van der Waals surface area contributed by atoms with Gasteiger partial charge in [-0.2, -0.15) is 0 Å². The molecule has 0 atom stereocenters. The van der Waals surface area contributed by atoms with Crippen molar-refractivity contribution >= 4 is 0 Å². The Morgan fingerprint density at radius 3 is 1.13 bits per heavy atom. The van der Waals surface area contributed by atoms with Crippen LogP contribution in [0.1, 0.15) is 195 Å². The van der Waals surface area contributed by atoms with E-state index >= 15 is 0 Å². The molecule has 7 aromatic carbocycles. The van der Waals surface area contributed by atoms with E-state index in [1.807, 2.05) is 74.4 Å². The maximum Gasteiger partial charge on any atom is 0.0453 e. The third kappa shape index (κ3) is 13.7. The molecule has 0 amide bonds. The minimum atomic E-state index is 1.07. The molecule has 7 heteroatoms. The number of rotatable bonds is 0. The van der Waals surface area contributed by atoms with Crippen LogP contribution in [-0.4, -0.2) is 34.9 Å². The van der Waals surface area contributed by atoms with Crippen molar-refractivity contribution in [1.82, 2.24) is 34.9 Å². The Balaban J connectivity index is 0.000000103. The van der Waals surface area contributed by atoms with Crippen LogP contribution in [0.15, 0.2) is 171 Å². The molecule has 14 aromatic rings. The molecule has 112 heavy (non-hydrogen) atoms. The van der Waals surface area contributed by atoms with Crippen LogP contribution in [0.2, 0.25) is 0 Å². The molecular weight excluding hydrogens is 1360 g/mol. The van der Waals surface area contributed by atoms with Gasteiger partial charge in [-0.1, -0.05) is 60.7 Å². The van der Waals surface area contributed by atoms with Gasteiger partial charge in [-0.05, 0) is 449 Å². The van der Waals surface area contributed by atoms with Gasteiger partial charge in [0.05, 0.1) is 0 Å². The summed E-state index contributed by atoms with van der Waals surface area (Å²) in [6.07, 6.45) is 31.0. The molecule has 0 bridgehead atoms. The highest BCUT2D eigenvalue weighted by atomic mass is 14.7.